The highest BCUT2D eigenvalue weighted by atomic mass is 19.1. The Bertz CT molecular complexity index is 552. The first-order valence-electron chi connectivity index (χ1n) is 5.72. The van der Waals surface area contributed by atoms with Gasteiger partial charge < -0.3 is 9.84 Å². The molecule has 0 atom stereocenters. The maximum atomic E-state index is 13.2. The Morgan fingerprint density at radius 3 is 2.78 bits per heavy atom. The second kappa shape index (κ2) is 5.18. The quantitative estimate of drug-likeness (QED) is 0.903. The summed E-state index contributed by atoms with van der Waals surface area (Å²) < 4.78 is 20.0. The Kier molecular flexibility index (Phi) is 3.62. The van der Waals surface area contributed by atoms with Gasteiger partial charge in [-0.15, -0.1) is 0 Å². The van der Waals surface area contributed by atoms with E-state index in [2.05, 4.69) is 5.10 Å². The molecule has 2 aromatic rings. The maximum absolute atomic E-state index is 13.2. The van der Waals surface area contributed by atoms with E-state index in [0.29, 0.717) is 23.6 Å². The highest BCUT2D eigenvalue weighted by molar-refractivity contribution is 5.41. The molecule has 18 heavy (non-hydrogen) atoms. The topological polar surface area (TPSA) is 47.3 Å². The summed E-state index contributed by atoms with van der Waals surface area (Å²) in [5.74, 6) is 0.105. The molecule has 2 rings (SSSR count). The smallest absolute Gasteiger partial charge is 0.222 e. The van der Waals surface area contributed by atoms with Crippen molar-refractivity contribution in [3.8, 4) is 11.6 Å². The van der Waals surface area contributed by atoms with Gasteiger partial charge in [-0.2, -0.15) is 5.10 Å². The second-order valence-corrected chi connectivity index (χ2v) is 3.84. The molecular weight excluding hydrogens is 235 g/mol. The lowest BCUT2D eigenvalue weighted by molar-refractivity contribution is 0.271. The number of ether oxygens (including phenoxy) is 1. The van der Waals surface area contributed by atoms with E-state index >= 15 is 0 Å². The summed E-state index contributed by atoms with van der Waals surface area (Å²) in [5.41, 5.74) is 1.96. The van der Waals surface area contributed by atoms with E-state index in [4.69, 9.17) is 4.74 Å². The van der Waals surface area contributed by atoms with Gasteiger partial charge in [0.25, 0.3) is 0 Å². The molecule has 0 radical (unpaired) electrons. The number of hydrogen-bond acceptors (Lipinski definition) is 3. The Hall–Kier alpha value is -1.88. The summed E-state index contributed by atoms with van der Waals surface area (Å²) in [6.45, 7) is 1.79. The Balaban J connectivity index is 2.60. The van der Waals surface area contributed by atoms with Crippen LogP contribution in [0, 0.1) is 5.82 Å². The van der Waals surface area contributed by atoms with E-state index in [1.165, 1.54) is 23.9 Å². The standard InChI is InChI=1S/C13H15FN2O2/c1-3-12-11(8-17)13(18-2)16(15-12)10-6-4-5-9(14)7-10/h4-7,17H,3,8H2,1-2H3. The molecule has 0 bridgehead atoms. The van der Waals surface area contributed by atoms with Crippen molar-refractivity contribution >= 4 is 0 Å². The van der Waals surface area contributed by atoms with E-state index in [1.54, 1.807) is 12.1 Å². The van der Waals surface area contributed by atoms with Crippen molar-refractivity contribution in [3.05, 3.63) is 41.3 Å². The van der Waals surface area contributed by atoms with Gasteiger partial charge in [0.05, 0.1) is 30.7 Å². The third-order valence-corrected chi connectivity index (χ3v) is 2.76. The number of methoxy groups -OCH3 is 1. The van der Waals surface area contributed by atoms with Crippen LogP contribution in [0.5, 0.6) is 5.88 Å². The zero-order valence-corrected chi connectivity index (χ0v) is 10.4. The monoisotopic (exact) mass is 250 g/mol. The summed E-state index contributed by atoms with van der Waals surface area (Å²) in [5, 5.41) is 13.7. The number of nitrogens with zero attached hydrogens (tertiary/aromatic N) is 2. The zero-order valence-electron chi connectivity index (χ0n) is 10.4. The lowest BCUT2D eigenvalue weighted by Crippen LogP contribution is -2.01. The van der Waals surface area contributed by atoms with Gasteiger partial charge in [-0.3, -0.25) is 0 Å². The predicted molar refractivity (Wildman–Crippen MR) is 65.4 cm³/mol. The number of aromatic nitrogens is 2. The Morgan fingerprint density at radius 1 is 1.44 bits per heavy atom. The minimum Gasteiger partial charge on any atom is -0.481 e. The summed E-state index contributed by atoms with van der Waals surface area (Å²) in [4.78, 5) is 0. The molecule has 0 saturated carbocycles. The van der Waals surface area contributed by atoms with Crippen LogP contribution >= 0.6 is 0 Å². The molecule has 0 aliphatic carbocycles. The van der Waals surface area contributed by atoms with Gasteiger partial charge in [0.2, 0.25) is 5.88 Å². The van der Waals surface area contributed by atoms with Crippen molar-refractivity contribution in [3.63, 3.8) is 0 Å². The van der Waals surface area contributed by atoms with Gasteiger partial charge in [-0.25, -0.2) is 9.07 Å². The fourth-order valence-electron chi connectivity index (χ4n) is 1.91. The molecule has 0 amide bonds. The number of hydrogen-bond donors (Lipinski definition) is 1. The fraction of sp³-hybridized carbons (Fsp3) is 0.308. The van der Waals surface area contributed by atoms with Crippen LogP contribution < -0.4 is 4.74 Å². The van der Waals surface area contributed by atoms with Crippen LogP contribution in [0.4, 0.5) is 4.39 Å². The normalized spacial score (nSPS) is 10.7. The third-order valence-electron chi connectivity index (χ3n) is 2.76. The number of halogens is 1. The van der Waals surface area contributed by atoms with E-state index in [0.717, 1.165) is 5.69 Å². The van der Waals surface area contributed by atoms with Crippen LogP contribution in [0.15, 0.2) is 24.3 Å². The van der Waals surface area contributed by atoms with E-state index in [-0.39, 0.29) is 12.4 Å². The molecule has 0 aliphatic rings. The molecule has 0 aliphatic heterocycles. The van der Waals surface area contributed by atoms with Gasteiger partial charge >= 0.3 is 0 Å². The Morgan fingerprint density at radius 2 is 2.22 bits per heavy atom. The number of aliphatic hydroxyl groups excluding tert-OH is 1. The van der Waals surface area contributed by atoms with Gasteiger partial charge in [0.15, 0.2) is 0 Å². The van der Waals surface area contributed by atoms with Crippen molar-refractivity contribution in [1.29, 1.82) is 0 Å². The molecule has 0 saturated heterocycles. The first kappa shape index (κ1) is 12.6. The van der Waals surface area contributed by atoms with Crippen LogP contribution in [0.1, 0.15) is 18.2 Å². The van der Waals surface area contributed by atoms with E-state index in [9.17, 15) is 9.50 Å². The lowest BCUT2D eigenvalue weighted by atomic mass is 10.2. The lowest BCUT2D eigenvalue weighted by Gasteiger charge is -2.07. The van der Waals surface area contributed by atoms with E-state index in [1.807, 2.05) is 6.92 Å². The first-order valence-corrected chi connectivity index (χ1v) is 5.72. The molecule has 0 spiro atoms. The first-order chi connectivity index (χ1) is 8.71. The van der Waals surface area contributed by atoms with Crippen LogP contribution in [0.3, 0.4) is 0 Å². The van der Waals surface area contributed by atoms with E-state index < -0.39 is 0 Å². The summed E-state index contributed by atoms with van der Waals surface area (Å²) in [6.07, 6.45) is 0.675. The molecule has 1 N–H and O–H groups in total. The maximum Gasteiger partial charge on any atom is 0.222 e. The molecule has 5 heteroatoms. The third kappa shape index (κ3) is 2.09. The highest BCUT2D eigenvalue weighted by Crippen LogP contribution is 2.26. The van der Waals surface area contributed by atoms with Crippen LogP contribution in [-0.4, -0.2) is 22.0 Å². The molecule has 0 fully saturated rings. The van der Waals surface area contributed by atoms with Crippen molar-refractivity contribution < 1.29 is 14.2 Å². The van der Waals surface area contributed by atoms with Gasteiger partial charge in [0, 0.05) is 0 Å². The van der Waals surface area contributed by atoms with Crippen molar-refractivity contribution in [1.82, 2.24) is 9.78 Å². The van der Waals surface area contributed by atoms with Crippen molar-refractivity contribution in [2.24, 2.45) is 0 Å². The molecule has 1 heterocycles. The van der Waals surface area contributed by atoms with Crippen LogP contribution in [-0.2, 0) is 13.0 Å². The SMILES string of the molecule is CCc1nn(-c2cccc(F)c2)c(OC)c1CO. The number of benzene rings is 1. The minimum absolute atomic E-state index is 0.151. The second-order valence-electron chi connectivity index (χ2n) is 3.84. The highest BCUT2D eigenvalue weighted by Gasteiger charge is 2.17. The van der Waals surface area contributed by atoms with Crippen molar-refractivity contribution in [2.45, 2.75) is 20.0 Å². The Labute approximate surface area is 105 Å². The molecule has 4 nitrogen and oxygen atoms in total. The number of aryl methyl sites for hydroxylation is 1. The van der Waals surface area contributed by atoms with Gasteiger partial charge in [-0.1, -0.05) is 13.0 Å². The number of aliphatic hydroxyl groups is 1. The zero-order chi connectivity index (χ0) is 13.1. The van der Waals surface area contributed by atoms with Crippen LogP contribution in [0.25, 0.3) is 5.69 Å². The fourth-order valence-corrected chi connectivity index (χ4v) is 1.91. The van der Waals surface area contributed by atoms with Crippen molar-refractivity contribution in [2.75, 3.05) is 7.11 Å². The summed E-state index contributed by atoms with van der Waals surface area (Å²) in [7, 11) is 1.51. The molecular formula is C13H15FN2O2. The van der Waals surface area contributed by atoms with Gasteiger partial charge in [0.1, 0.15) is 5.82 Å². The minimum atomic E-state index is -0.339. The average molecular weight is 250 g/mol. The van der Waals surface area contributed by atoms with Gasteiger partial charge in [-0.05, 0) is 24.6 Å². The molecule has 0 unspecified atom stereocenters. The molecule has 96 valence electrons. The summed E-state index contributed by atoms with van der Waals surface area (Å²) in [6, 6.07) is 6.08. The molecule has 1 aromatic heterocycles. The molecule has 1 aromatic carbocycles. The predicted octanol–water partition coefficient (Wildman–Crippen LogP) is 2.07. The average Bonchev–Trinajstić information content (AvgIpc) is 2.76. The largest absolute Gasteiger partial charge is 0.481 e. The number of rotatable bonds is 4. The summed E-state index contributed by atoms with van der Waals surface area (Å²) >= 11 is 0. The van der Waals surface area contributed by atoms with Crippen LogP contribution in [0.2, 0.25) is 0 Å².